The summed E-state index contributed by atoms with van der Waals surface area (Å²) in [6.07, 6.45) is 2.47. The number of aryl methyl sites for hydroxylation is 2. The van der Waals surface area contributed by atoms with Crippen LogP contribution in [0.25, 0.3) is 43.2 Å². The lowest BCUT2D eigenvalue weighted by atomic mass is 9.91. The van der Waals surface area contributed by atoms with Gasteiger partial charge in [-0.3, -0.25) is 9.69 Å². The number of amides is 1. The summed E-state index contributed by atoms with van der Waals surface area (Å²) < 4.78 is 8.80. The van der Waals surface area contributed by atoms with Crippen LogP contribution in [0.3, 0.4) is 0 Å². The third kappa shape index (κ3) is 6.42. The van der Waals surface area contributed by atoms with Crippen molar-refractivity contribution in [2.24, 2.45) is 7.05 Å². The fourth-order valence-corrected chi connectivity index (χ4v) is 8.26. The molecular weight excluding hydrogens is 662 g/mol. The molecule has 1 N–H and O–H groups in total. The molecule has 3 aromatic heterocycles. The van der Waals surface area contributed by atoms with Gasteiger partial charge in [-0.15, -0.1) is 11.3 Å². The molecule has 2 aromatic carbocycles. The van der Waals surface area contributed by atoms with Crippen LogP contribution in [-0.4, -0.2) is 89.3 Å². The topological polar surface area (TPSA) is 127 Å². The van der Waals surface area contributed by atoms with Crippen molar-refractivity contribution in [2.75, 3.05) is 26.2 Å². The van der Waals surface area contributed by atoms with Crippen molar-refractivity contribution in [1.29, 1.82) is 0 Å². The van der Waals surface area contributed by atoms with E-state index in [0.29, 0.717) is 27.3 Å². The van der Waals surface area contributed by atoms with Gasteiger partial charge in [0.15, 0.2) is 11.8 Å². The van der Waals surface area contributed by atoms with Crippen molar-refractivity contribution in [3.05, 3.63) is 58.4 Å². The van der Waals surface area contributed by atoms with Crippen molar-refractivity contribution < 1.29 is 19.4 Å². The van der Waals surface area contributed by atoms with Crippen molar-refractivity contribution in [2.45, 2.75) is 71.1 Å². The van der Waals surface area contributed by atoms with Gasteiger partial charge in [0, 0.05) is 55.2 Å². The lowest BCUT2D eigenvalue weighted by molar-refractivity contribution is -0.160. The van der Waals surface area contributed by atoms with Crippen molar-refractivity contribution >= 4 is 56.2 Å². The molecule has 256 valence electrons. The number of carbonyl (C=O) groups is 2. The molecule has 49 heavy (non-hydrogen) atoms. The molecule has 0 saturated carbocycles. The minimum atomic E-state index is -1.20. The number of likely N-dealkylation sites (tertiary alicyclic amines) is 2. The Hall–Kier alpha value is -3.97. The molecule has 1 atom stereocenters. The van der Waals surface area contributed by atoms with Crippen molar-refractivity contribution in [1.82, 2.24) is 34.5 Å². The zero-order chi connectivity index (χ0) is 34.8. The molecule has 2 aliphatic rings. The zero-order valence-corrected chi connectivity index (χ0v) is 30.1. The van der Waals surface area contributed by atoms with Crippen LogP contribution in [-0.2, 0) is 21.4 Å². The third-order valence-corrected chi connectivity index (χ3v) is 10.9. The Balaban J connectivity index is 1.27. The lowest BCUT2D eigenvalue weighted by Gasteiger charge is -2.47. The van der Waals surface area contributed by atoms with Crippen LogP contribution in [0.15, 0.2) is 36.5 Å². The van der Waals surface area contributed by atoms with Gasteiger partial charge in [0.25, 0.3) is 0 Å². The number of hydrogen-bond acceptors (Lipinski definition) is 9. The fourth-order valence-electron chi connectivity index (χ4n) is 7.06. The van der Waals surface area contributed by atoms with E-state index in [0.717, 1.165) is 82.8 Å². The third-order valence-electron chi connectivity index (χ3n) is 9.54. The van der Waals surface area contributed by atoms with Crippen LogP contribution in [0.1, 0.15) is 69.4 Å². The molecule has 2 saturated heterocycles. The van der Waals surface area contributed by atoms with Crippen LogP contribution in [0, 0.1) is 6.92 Å². The Morgan fingerprint density at radius 2 is 1.80 bits per heavy atom. The second kappa shape index (κ2) is 12.7. The monoisotopic (exact) mass is 701 g/mol. The van der Waals surface area contributed by atoms with E-state index in [9.17, 15) is 14.7 Å². The van der Waals surface area contributed by atoms with Crippen LogP contribution >= 0.6 is 22.9 Å². The zero-order valence-electron chi connectivity index (χ0n) is 28.5. The first-order valence-electron chi connectivity index (χ1n) is 16.6. The van der Waals surface area contributed by atoms with Gasteiger partial charge in [-0.25, -0.2) is 24.4 Å². The minimum Gasteiger partial charge on any atom is -0.479 e. The normalized spacial score (nSPS) is 17.2. The summed E-state index contributed by atoms with van der Waals surface area (Å²) in [5.74, 6) is -0.667. The predicted molar refractivity (Wildman–Crippen MR) is 191 cm³/mol. The Kier molecular flexibility index (Phi) is 8.71. The summed E-state index contributed by atoms with van der Waals surface area (Å²) in [6, 6.07) is 9.77. The number of halogens is 1. The van der Waals surface area contributed by atoms with Gasteiger partial charge in [0.1, 0.15) is 16.2 Å². The molecule has 0 radical (unpaired) electrons. The number of thiazole rings is 1. The van der Waals surface area contributed by atoms with E-state index in [1.807, 2.05) is 57.8 Å². The number of nitrogens with zero attached hydrogens (tertiary/aromatic N) is 7. The van der Waals surface area contributed by atoms with E-state index in [4.69, 9.17) is 36.4 Å². The number of benzene rings is 2. The van der Waals surface area contributed by atoms with E-state index in [1.165, 1.54) is 11.3 Å². The number of ether oxygens (including phenoxy) is 1. The highest BCUT2D eigenvalue weighted by Gasteiger charge is 2.37. The Morgan fingerprint density at radius 1 is 1.10 bits per heavy atom. The second-order valence-electron chi connectivity index (χ2n) is 14.1. The average Bonchev–Trinajstić information content (AvgIpc) is 3.59. The van der Waals surface area contributed by atoms with Gasteiger partial charge in [-0.1, -0.05) is 23.7 Å². The van der Waals surface area contributed by atoms with Crippen LogP contribution in [0.2, 0.25) is 5.02 Å². The number of aromatic nitrogens is 5. The second-order valence-corrected chi connectivity index (χ2v) is 15.6. The van der Waals surface area contributed by atoms with E-state index in [1.54, 1.807) is 29.9 Å². The van der Waals surface area contributed by atoms with Gasteiger partial charge in [0.2, 0.25) is 5.91 Å². The first-order chi connectivity index (χ1) is 23.3. The summed E-state index contributed by atoms with van der Waals surface area (Å²) in [7, 11) is 1.90. The molecule has 5 aromatic rings. The molecule has 0 spiro atoms. The summed E-state index contributed by atoms with van der Waals surface area (Å²) in [5, 5.41) is 16.6. The van der Waals surface area contributed by atoms with Gasteiger partial charge in [-0.2, -0.15) is 5.10 Å². The van der Waals surface area contributed by atoms with Gasteiger partial charge >= 0.3 is 5.97 Å². The van der Waals surface area contributed by atoms with E-state index < -0.39 is 17.7 Å². The summed E-state index contributed by atoms with van der Waals surface area (Å²) in [4.78, 5) is 43.7. The number of rotatable bonds is 7. The standard InChI is InChI=1S/C36H40ClN7O4S/c1-19-15-25-32(28(21-7-9-23(37)10-8-21)27(19)31(35(46)47)48-36(3,4)5)49-34(40-25)26-16-38-33-30(39-26)29(41-42(33)6)22-11-13-43(14-12-22)24-17-44(18-24)20(2)45/h7-10,15-16,22,24,31H,11-14,17-18H2,1-6H3,(H,46,47)/t31-/m0/s1. The molecule has 7 rings (SSSR count). The summed E-state index contributed by atoms with van der Waals surface area (Å²) in [6.45, 7) is 12.6. The summed E-state index contributed by atoms with van der Waals surface area (Å²) >= 11 is 7.73. The number of hydrogen-bond donors (Lipinski definition) is 1. The highest BCUT2D eigenvalue weighted by molar-refractivity contribution is 7.22. The Labute approximate surface area is 293 Å². The van der Waals surface area contributed by atoms with E-state index in [-0.39, 0.29) is 11.8 Å². The first kappa shape index (κ1) is 33.5. The largest absolute Gasteiger partial charge is 0.479 e. The number of fused-ring (bicyclic) bond motifs is 2. The van der Waals surface area contributed by atoms with Crippen molar-refractivity contribution in [3.63, 3.8) is 0 Å². The molecule has 2 aliphatic heterocycles. The summed E-state index contributed by atoms with van der Waals surface area (Å²) in [5.41, 5.74) is 6.08. The number of carboxylic acid groups (broad SMARTS) is 1. The highest BCUT2D eigenvalue weighted by atomic mass is 35.5. The van der Waals surface area contributed by atoms with Gasteiger partial charge in [-0.05, 0) is 83.0 Å². The molecular formula is C36H40ClN7O4S. The number of carbonyl (C=O) groups excluding carboxylic acids is 1. The van der Waals surface area contributed by atoms with Crippen LogP contribution in [0.5, 0.6) is 0 Å². The molecule has 11 nitrogen and oxygen atoms in total. The molecule has 0 aliphatic carbocycles. The van der Waals surface area contributed by atoms with E-state index >= 15 is 0 Å². The molecule has 13 heteroatoms. The Morgan fingerprint density at radius 3 is 2.43 bits per heavy atom. The smallest absolute Gasteiger partial charge is 0.337 e. The highest BCUT2D eigenvalue weighted by Crippen LogP contribution is 2.44. The molecule has 5 heterocycles. The van der Waals surface area contributed by atoms with Gasteiger partial charge < -0.3 is 14.7 Å². The molecule has 2 fully saturated rings. The maximum Gasteiger partial charge on any atom is 0.337 e. The number of piperidine rings is 1. The lowest BCUT2D eigenvalue weighted by Crippen LogP contribution is -2.61. The average molecular weight is 702 g/mol. The molecule has 0 unspecified atom stereocenters. The van der Waals surface area contributed by atoms with E-state index in [2.05, 4.69) is 4.90 Å². The van der Waals surface area contributed by atoms with Gasteiger partial charge in [0.05, 0.1) is 27.7 Å². The molecule has 0 bridgehead atoms. The SMILES string of the molecule is CC(=O)N1CC(N2CCC(c3nn(C)c4ncc(-c5nc6cc(C)c([C@H](OC(C)(C)C)C(=O)O)c(-c7ccc(Cl)cc7)c6s5)nc34)CC2)C1. The van der Waals surface area contributed by atoms with Crippen molar-refractivity contribution in [3.8, 4) is 21.8 Å². The number of carboxylic acids is 1. The number of aliphatic carboxylic acids is 1. The van der Waals surface area contributed by atoms with Crippen LogP contribution < -0.4 is 0 Å². The first-order valence-corrected chi connectivity index (χ1v) is 17.8. The maximum absolute atomic E-state index is 12.7. The van der Waals surface area contributed by atoms with Crippen LogP contribution in [0.4, 0.5) is 0 Å². The minimum absolute atomic E-state index is 0.143. The quantitative estimate of drug-likeness (QED) is 0.199. The Bertz CT molecular complexity index is 2070. The maximum atomic E-state index is 12.7. The predicted octanol–water partition coefficient (Wildman–Crippen LogP) is 6.62. The fraction of sp³-hybridized carbons (Fsp3) is 0.444. The molecule has 1 amide bonds.